The molecule has 1 aromatic heterocycles. The van der Waals surface area contributed by atoms with Crippen LogP contribution >= 0.6 is 11.3 Å². The second-order valence-electron chi connectivity index (χ2n) is 3.76. The summed E-state index contributed by atoms with van der Waals surface area (Å²) < 4.78 is 0. The second kappa shape index (κ2) is 4.10. The van der Waals surface area contributed by atoms with Gasteiger partial charge in [0.05, 0.1) is 5.92 Å². The van der Waals surface area contributed by atoms with Crippen LogP contribution in [0.3, 0.4) is 0 Å². The summed E-state index contributed by atoms with van der Waals surface area (Å²) in [4.78, 5) is 22.9. The molecule has 1 aromatic rings. The Balaban J connectivity index is 2.24. The Bertz CT molecular complexity index is 374. The van der Waals surface area contributed by atoms with Crippen molar-refractivity contribution in [1.29, 1.82) is 0 Å². The minimum absolute atomic E-state index is 0.145. The van der Waals surface area contributed by atoms with E-state index in [1.807, 2.05) is 17.5 Å². The number of hydrogen-bond donors (Lipinski definition) is 0. The Morgan fingerprint density at radius 2 is 2.33 bits per heavy atom. The topological polar surface area (TPSA) is 60.2 Å². The zero-order chi connectivity index (χ0) is 10.8. The molecule has 5 heteroatoms. The standard InChI is InChI=1S/C10H11NO3S/c12-7-3-4-9(11(13)14)8(6-7)10-2-1-5-15-10/h1-2,5,8-9H,3-4,6H2/t8-,9-/m1/s1. The molecular formula is C10H11NO3S. The normalized spacial score (nSPS) is 26.5. The number of rotatable bonds is 2. The van der Waals surface area contributed by atoms with Crippen molar-refractivity contribution in [3.8, 4) is 0 Å². The van der Waals surface area contributed by atoms with Gasteiger partial charge < -0.3 is 0 Å². The third kappa shape index (κ3) is 2.07. The van der Waals surface area contributed by atoms with Gasteiger partial charge in [-0.2, -0.15) is 0 Å². The average molecular weight is 225 g/mol. The van der Waals surface area contributed by atoms with E-state index >= 15 is 0 Å². The first-order chi connectivity index (χ1) is 7.18. The number of carbonyl (C=O) groups excluding carboxylic acids is 1. The summed E-state index contributed by atoms with van der Waals surface area (Å²) >= 11 is 1.50. The largest absolute Gasteiger partial charge is 0.300 e. The minimum Gasteiger partial charge on any atom is -0.300 e. The number of nitro groups is 1. The van der Waals surface area contributed by atoms with Crippen LogP contribution in [-0.2, 0) is 4.79 Å². The van der Waals surface area contributed by atoms with E-state index in [1.54, 1.807) is 0 Å². The quantitative estimate of drug-likeness (QED) is 0.572. The zero-order valence-electron chi connectivity index (χ0n) is 8.09. The molecule has 0 spiro atoms. The van der Waals surface area contributed by atoms with Crippen LogP contribution in [0, 0.1) is 10.1 Å². The average Bonchev–Trinajstić information content (AvgIpc) is 2.69. The lowest BCUT2D eigenvalue weighted by molar-refractivity contribution is -0.528. The van der Waals surface area contributed by atoms with Crippen molar-refractivity contribution in [2.75, 3.05) is 0 Å². The van der Waals surface area contributed by atoms with Gasteiger partial charge in [-0.15, -0.1) is 11.3 Å². The van der Waals surface area contributed by atoms with Crippen molar-refractivity contribution in [2.45, 2.75) is 31.2 Å². The first-order valence-electron chi connectivity index (χ1n) is 4.87. The molecule has 1 saturated carbocycles. The van der Waals surface area contributed by atoms with Gasteiger partial charge in [0.25, 0.3) is 0 Å². The smallest absolute Gasteiger partial charge is 0.221 e. The SMILES string of the molecule is O=C1CC[C@@H]([N+](=O)[O-])[C@H](c2cccs2)C1. The number of hydrogen-bond acceptors (Lipinski definition) is 4. The molecule has 0 bridgehead atoms. The molecule has 0 aromatic carbocycles. The molecular weight excluding hydrogens is 214 g/mol. The van der Waals surface area contributed by atoms with E-state index in [1.165, 1.54) is 11.3 Å². The van der Waals surface area contributed by atoms with Crippen LogP contribution in [0.15, 0.2) is 17.5 Å². The summed E-state index contributed by atoms with van der Waals surface area (Å²) in [7, 11) is 0. The molecule has 0 unspecified atom stereocenters. The molecule has 1 heterocycles. The van der Waals surface area contributed by atoms with Gasteiger partial charge in [-0.05, 0) is 11.4 Å². The number of ketones is 1. The molecule has 4 nitrogen and oxygen atoms in total. The van der Waals surface area contributed by atoms with Gasteiger partial charge in [-0.1, -0.05) is 6.07 Å². The van der Waals surface area contributed by atoms with Gasteiger partial charge in [0.15, 0.2) is 0 Å². The molecule has 0 N–H and O–H groups in total. The summed E-state index contributed by atoms with van der Waals surface area (Å²) in [5, 5.41) is 12.8. The van der Waals surface area contributed by atoms with Crippen molar-refractivity contribution >= 4 is 17.1 Å². The lowest BCUT2D eigenvalue weighted by Gasteiger charge is -2.23. The van der Waals surface area contributed by atoms with Gasteiger partial charge in [0.2, 0.25) is 6.04 Å². The minimum atomic E-state index is -0.582. The Kier molecular flexibility index (Phi) is 2.81. The summed E-state index contributed by atoms with van der Waals surface area (Å²) in [6.07, 6.45) is 1.06. The molecule has 80 valence electrons. The van der Waals surface area contributed by atoms with Crippen molar-refractivity contribution in [1.82, 2.24) is 0 Å². The van der Waals surface area contributed by atoms with E-state index in [9.17, 15) is 14.9 Å². The van der Waals surface area contributed by atoms with Gasteiger partial charge in [-0.3, -0.25) is 14.9 Å². The van der Waals surface area contributed by atoms with Crippen LogP contribution in [0.25, 0.3) is 0 Å². The van der Waals surface area contributed by atoms with Gasteiger partial charge in [0.1, 0.15) is 5.78 Å². The third-order valence-electron chi connectivity index (χ3n) is 2.81. The van der Waals surface area contributed by atoms with E-state index in [2.05, 4.69) is 0 Å². The molecule has 0 saturated heterocycles. The Morgan fingerprint density at radius 3 is 2.93 bits per heavy atom. The fourth-order valence-electron chi connectivity index (χ4n) is 2.04. The van der Waals surface area contributed by atoms with E-state index in [0.717, 1.165) is 4.88 Å². The Morgan fingerprint density at radius 1 is 1.53 bits per heavy atom. The summed E-state index contributed by atoms with van der Waals surface area (Å²) in [6, 6.07) is 3.17. The van der Waals surface area contributed by atoms with Gasteiger partial charge >= 0.3 is 0 Å². The van der Waals surface area contributed by atoms with Crippen LogP contribution < -0.4 is 0 Å². The maximum absolute atomic E-state index is 11.3. The first-order valence-corrected chi connectivity index (χ1v) is 5.75. The van der Waals surface area contributed by atoms with Crippen molar-refractivity contribution in [3.05, 3.63) is 32.5 Å². The lowest BCUT2D eigenvalue weighted by Crippen LogP contribution is -2.33. The van der Waals surface area contributed by atoms with Crippen molar-refractivity contribution in [2.24, 2.45) is 0 Å². The first kappa shape index (κ1) is 10.3. The van der Waals surface area contributed by atoms with E-state index in [0.29, 0.717) is 19.3 Å². The van der Waals surface area contributed by atoms with Crippen molar-refractivity contribution < 1.29 is 9.72 Å². The predicted octanol–water partition coefficient (Wildman–Crippen LogP) is 2.23. The van der Waals surface area contributed by atoms with E-state index < -0.39 is 6.04 Å². The van der Waals surface area contributed by atoms with Gasteiger partial charge in [0, 0.05) is 29.1 Å². The van der Waals surface area contributed by atoms with E-state index in [-0.39, 0.29) is 16.6 Å². The fraction of sp³-hybridized carbons (Fsp3) is 0.500. The second-order valence-corrected chi connectivity index (χ2v) is 4.74. The summed E-state index contributed by atoms with van der Waals surface area (Å²) in [5.74, 6) is -0.0623. The van der Waals surface area contributed by atoms with Crippen LogP contribution in [0.5, 0.6) is 0 Å². The van der Waals surface area contributed by atoms with E-state index in [4.69, 9.17) is 0 Å². The van der Waals surface area contributed by atoms with Crippen LogP contribution in [-0.4, -0.2) is 16.7 Å². The van der Waals surface area contributed by atoms with Gasteiger partial charge in [-0.25, -0.2) is 0 Å². The molecule has 0 amide bonds. The monoisotopic (exact) mass is 225 g/mol. The van der Waals surface area contributed by atoms with Crippen molar-refractivity contribution in [3.63, 3.8) is 0 Å². The summed E-state index contributed by atoms with van der Waals surface area (Å²) in [5.41, 5.74) is 0. The van der Waals surface area contributed by atoms with Crippen LogP contribution in [0.1, 0.15) is 30.1 Å². The maximum Gasteiger partial charge on any atom is 0.221 e. The highest BCUT2D eigenvalue weighted by Crippen LogP contribution is 2.35. The lowest BCUT2D eigenvalue weighted by atomic mass is 9.83. The Labute approximate surface area is 91.1 Å². The molecule has 0 radical (unpaired) electrons. The highest BCUT2D eigenvalue weighted by atomic mass is 32.1. The molecule has 15 heavy (non-hydrogen) atoms. The summed E-state index contributed by atoms with van der Waals surface area (Å²) in [6.45, 7) is 0. The number of Topliss-reactive ketones (excluding diaryl/α,β-unsaturated/α-hetero) is 1. The highest BCUT2D eigenvalue weighted by molar-refractivity contribution is 7.10. The molecule has 1 fully saturated rings. The fourth-order valence-corrected chi connectivity index (χ4v) is 2.92. The molecule has 0 aliphatic heterocycles. The number of thiophene rings is 1. The molecule has 1 aliphatic rings. The third-order valence-corrected chi connectivity index (χ3v) is 3.81. The van der Waals surface area contributed by atoms with Crippen LogP contribution in [0.4, 0.5) is 0 Å². The number of carbonyl (C=O) groups is 1. The molecule has 2 rings (SSSR count). The maximum atomic E-state index is 11.3. The molecule has 1 aliphatic carbocycles. The Hall–Kier alpha value is -1.23. The number of nitrogens with zero attached hydrogens (tertiary/aromatic N) is 1. The molecule has 2 atom stereocenters. The zero-order valence-corrected chi connectivity index (χ0v) is 8.90. The highest BCUT2D eigenvalue weighted by Gasteiger charge is 2.38. The van der Waals surface area contributed by atoms with Crippen LogP contribution in [0.2, 0.25) is 0 Å². The predicted molar refractivity (Wildman–Crippen MR) is 56.7 cm³/mol.